The van der Waals surface area contributed by atoms with Crippen LogP contribution in [0, 0.1) is 0 Å². The average Bonchev–Trinajstić information content (AvgIpc) is 3.29. The molecule has 0 amide bonds. The molecule has 2 fully saturated rings. The van der Waals surface area contributed by atoms with E-state index in [2.05, 4.69) is 38.0 Å². The minimum atomic E-state index is -0.461. The highest BCUT2D eigenvalue weighted by atomic mass is 16.5. The summed E-state index contributed by atoms with van der Waals surface area (Å²) in [5, 5.41) is 3.61. The van der Waals surface area contributed by atoms with Crippen molar-refractivity contribution in [1.29, 1.82) is 0 Å². The fourth-order valence-corrected chi connectivity index (χ4v) is 3.51. The summed E-state index contributed by atoms with van der Waals surface area (Å²) in [6.07, 6.45) is 7.54. The van der Waals surface area contributed by atoms with E-state index in [9.17, 15) is 4.79 Å². The molecule has 0 aliphatic heterocycles. The number of methoxy groups -OCH3 is 1. The minimum absolute atomic E-state index is 0.0678. The van der Waals surface area contributed by atoms with Crippen LogP contribution in [0.15, 0.2) is 0 Å². The molecule has 0 bridgehead atoms. The van der Waals surface area contributed by atoms with Gasteiger partial charge in [0, 0.05) is 17.6 Å². The fourth-order valence-electron chi connectivity index (χ4n) is 3.51. The van der Waals surface area contributed by atoms with Crippen LogP contribution in [-0.2, 0) is 9.53 Å². The zero-order valence-corrected chi connectivity index (χ0v) is 14.4. The van der Waals surface area contributed by atoms with Crippen LogP contribution in [0.5, 0.6) is 0 Å². The molecule has 1 N–H and O–H groups in total. The average molecular weight is 296 g/mol. The number of nitrogens with one attached hydrogen (secondary N) is 1. The van der Waals surface area contributed by atoms with Crippen LogP contribution in [-0.4, -0.2) is 48.2 Å². The topological polar surface area (TPSA) is 41.6 Å². The van der Waals surface area contributed by atoms with Gasteiger partial charge in [0.1, 0.15) is 5.54 Å². The van der Waals surface area contributed by atoms with Crippen LogP contribution in [0.25, 0.3) is 0 Å². The Hall–Kier alpha value is -0.610. The summed E-state index contributed by atoms with van der Waals surface area (Å²) in [5.74, 6) is -0.0678. The normalized spacial score (nSPS) is 30.5. The summed E-state index contributed by atoms with van der Waals surface area (Å²) in [4.78, 5) is 14.9. The molecule has 21 heavy (non-hydrogen) atoms. The van der Waals surface area contributed by atoms with Crippen molar-refractivity contribution in [2.75, 3.05) is 14.2 Å². The van der Waals surface area contributed by atoms with Gasteiger partial charge >= 0.3 is 5.97 Å². The van der Waals surface area contributed by atoms with Crippen molar-refractivity contribution in [2.45, 2.75) is 88.9 Å². The Labute approximate surface area is 129 Å². The van der Waals surface area contributed by atoms with Crippen molar-refractivity contribution in [3.63, 3.8) is 0 Å². The second kappa shape index (κ2) is 6.25. The minimum Gasteiger partial charge on any atom is -0.468 e. The SMILES string of the molecule is CCC(C)(C)N(C)C1CCCC(NC2CC2)(C(=O)OC)C1. The summed E-state index contributed by atoms with van der Waals surface area (Å²) in [7, 11) is 3.72. The predicted octanol–water partition coefficient (Wildman–Crippen LogP) is 2.71. The molecule has 2 rings (SSSR count). The van der Waals surface area contributed by atoms with E-state index in [1.807, 2.05) is 0 Å². The first-order valence-corrected chi connectivity index (χ1v) is 8.43. The molecule has 0 aromatic rings. The molecule has 2 unspecified atom stereocenters. The van der Waals surface area contributed by atoms with Crippen molar-refractivity contribution in [1.82, 2.24) is 10.2 Å². The predicted molar refractivity (Wildman–Crippen MR) is 85.3 cm³/mol. The molecule has 2 saturated carbocycles. The standard InChI is InChI=1S/C17H32N2O2/c1-6-16(2,3)19(4)14-8-7-11-17(12-14,15(20)21-5)18-13-9-10-13/h13-14,18H,6-12H2,1-5H3. The number of esters is 1. The van der Waals surface area contributed by atoms with Gasteiger partial charge in [0.25, 0.3) is 0 Å². The smallest absolute Gasteiger partial charge is 0.326 e. The van der Waals surface area contributed by atoms with Crippen molar-refractivity contribution in [2.24, 2.45) is 0 Å². The molecule has 4 nitrogen and oxygen atoms in total. The van der Waals surface area contributed by atoms with Crippen molar-refractivity contribution < 1.29 is 9.53 Å². The summed E-state index contributed by atoms with van der Waals surface area (Å²) in [6, 6.07) is 0.964. The molecule has 0 saturated heterocycles. The molecule has 2 aliphatic carbocycles. The number of rotatable bonds is 6. The van der Waals surface area contributed by atoms with Crippen LogP contribution < -0.4 is 5.32 Å². The molecule has 0 heterocycles. The first kappa shape index (κ1) is 16.8. The second-order valence-electron chi connectivity index (χ2n) is 7.52. The highest BCUT2D eigenvalue weighted by Crippen LogP contribution is 2.37. The maximum atomic E-state index is 12.4. The van der Waals surface area contributed by atoms with Gasteiger partial charge < -0.3 is 4.74 Å². The van der Waals surface area contributed by atoms with E-state index in [-0.39, 0.29) is 11.5 Å². The molecule has 0 spiro atoms. The van der Waals surface area contributed by atoms with Gasteiger partial charge in [-0.05, 0) is 65.8 Å². The molecule has 0 aromatic carbocycles. The van der Waals surface area contributed by atoms with Gasteiger partial charge in [-0.25, -0.2) is 0 Å². The van der Waals surface area contributed by atoms with Crippen molar-refractivity contribution in [3.8, 4) is 0 Å². The quantitative estimate of drug-likeness (QED) is 0.765. The van der Waals surface area contributed by atoms with E-state index in [4.69, 9.17) is 4.74 Å². The Morgan fingerprint density at radius 1 is 1.38 bits per heavy atom. The number of hydrogen-bond donors (Lipinski definition) is 1. The van der Waals surface area contributed by atoms with Gasteiger partial charge in [-0.2, -0.15) is 0 Å². The highest BCUT2D eigenvalue weighted by Gasteiger charge is 2.48. The summed E-state index contributed by atoms with van der Waals surface area (Å²) < 4.78 is 5.14. The summed E-state index contributed by atoms with van der Waals surface area (Å²) in [5.41, 5.74) is -0.291. The Balaban J connectivity index is 2.13. The first-order valence-electron chi connectivity index (χ1n) is 8.43. The molecule has 4 heteroatoms. The zero-order chi connectivity index (χ0) is 15.7. The maximum absolute atomic E-state index is 12.4. The molecule has 2 aliphatic rings. The van der Waals surface area contributed by atoms with Gasteiger partial charge in [0.15, 0.2) is 0 Å². The molecule has 2 atom stereocenters. The molecular formula is C17H32N2O2. The Kier molecular flexibility index (Phi) is 4.99. The van der Waals surface area contributed by atoms with Gasteiger partial charge in [-0.3, -0.25) is 15.0 Å². The van der Waals surface area contributed by atoms with E-state index >= 15 is 0 Å². The summed E-state index contributed by atoms with van der Waals surface area (Å²) >= 11 is 0. The van der Waals surface area contributed by atoms with E-state index in [1.54, 1.807) is 0 Å². The van der Waals surface area contributed by atoms with E-state index in [1.165, 1.54) is 26.4 Å². The zero-order valence-electron chi connectivity index (χ0n) is 14.4. The molecular weight excluding hydrogens is 264 g/mol. The van der Waals surface area contributed by atoms with Gasteiger partial charge in [0.2, 0.25) is 0 Å². The highest BCUT2D eigenvalue weighted by molar-refractivity contribution is 5.81. The monoisotopic (exact) mass is 296 g/mol. The van der Waals surface area contributed by atoms with Gasteiger partial charge in [-0.1, -0.05) is 6.92 Å². The second-order valence-corrected chi connectivity index (χ2v) is 7.52. The van der Waals surface area contributed by atoms with Crippen LogP contribution in [0.1, 0.15) is 65.7 Å². The van der Waals surface area contributed by atoms with Gasteiger partial charge in [-0.15, -0.1) is 0 Å². The number of carbonyl (C=O) groups excluding carboxylic acids is 1. The number of nitrogens with zero attached hydrogens (tertiary/aromatic N) is 1. The molecule has 0 radical (unpaired) electrons. The number of carbonyl (C=O) groups is 1. The Morgan fingerprint density at radius 3 is 2.57 bits per heavy atom. The fraction of sp³-hybridized carbons (Fsp3) is 0.941. The third kappa shape index (κ3) is 3.59. The van der Waals surface area contributed by atoms with Crippen LogP contribution >= 0.6 is 0 Å². The van der Waals surface area contributed by atoms with E-state index in [0.29, 0.717) is 12.1 Å². The lowest BCUT2D eigenvalue weighted by molar-refractivity contribution is -0.151. The first-order chi connectivity index (χ1) is 9.84. The lowest BCUT2D eigenvalue weighted by atomic mass is 9.77. The number of ether oxygens (including phenoxy) is 1. The van der Waals surface area contributed by atoms with E-state index in [0.717, 1.165) is 25.7 Å². The Bertz CT molecular complexity index is 379. The largest absolute Gasteiger partial charge is 0.468 e. The molecule has 122 valence electrons. The third-order valence-electron chi connectivity index (χ3n) is 5.73. The maximum Gasteiger partial charge on any atom is 0.326 e. The van der Waals surface area contributed by atoms with Crippen molar-refractivity contribution in [3.05, 3.63) is 0 Å². The summed E-state index contributed by atoms with van der Waals surface area (Å²) in [6.45, 7) is 6.81. The van der Waals surface area contributed by atoms with Crippen LogP contribution in [0.3, 0.4) is 0 Å². The van der Waals surface area contributed by atoms with E-state index < -0.39 is 5.54 Å². The lowest BCUT2D eigenvalue weighted by Gasteiger charge is -2.47. The lowest BCUT2D eigenvalue weighted by Crippen LogP contribution is -2.61. The van der Waals surface area contributed by atoms with Gasteiger partial charge in [0.05, 0.1) is 7.11 Å². The number of hydrogen-bond acceptors (Lipinski definition) is 4. The molecule has 0 aromatic heterocycles. The third-order valence-corrected chi connectivity index (χ3v) is 5.73. The van der Waals surface area contributed by atoms with Crippen LogP contribution in [0.4, 0.5) is 0 Å². The Morgan fingerprint density at radius 2 is 2.05 bits per heavy atom. The van der Waals surface area contributed by atoms with Crippen molar-refractivity contribution >= 4 is 5.97 Å². The van der Waals surface area contributed by atoms with Crippen LogP contribution in [0.2, 0.25) is 0 Å².